The predicted octanol–water partition coefficient (Wildman–Crippen LogP) is 4.65. The molecule has 0 aliphatic heterocycles. The number of rotatable bonds is 7. The third-order valence-corrected chi connectivity index (χ3v) is 4.47. The summed E-state index contributed by atoms with van der Waals surface area (Å²) in [5.74, 6) is 1.27. The lowest BCUT2D eigenvalue weighted by Crippen LogP contribution is -2.20. The highest BCUT2D eigenvalue weighted by Gasteiger charge is 2.28. The minimum absolute atomic E-state index is 0.129. The standard InChI is InChI=1S/C16H28O2/c1-4-12(5-2)15(17)11-16(18)14(6-3)13-9-7-8-10-13/h11-14,17H,4-10H2,1-3H3/b15-11-. The number of ketones is 1. The molecule has 0 saturated heterocycles. The average molecular weight is 252 g/mol. The number of aliphatic hydroxyl groups excluding tert-OH is 1. The number of hydrogen-bond donors (Lipinski definition) is 1. The molecule has 0 amide bonds. The van der Waals surface area contributed by atoms with Crippen LogP contribution in [0.2, 0.25) is 0 Å². The van der Waals surface area contributed by atoms with E-state index < -0.39 is 0 Å². The maximum absolute atomic E-state index is 12.3. The van der Waals surface area contributed by atoms with Crippen LogP contribution in [0.25, 0.3) is 0 Å². The molecule has 1 aliphatic carbocycles. The quantitative estimate of drug-likeness (QED) is 0.529. The molecule has 1 atom stereocenters. The second kappa shape index (κ2) is 7.60. The van der Waals surface area contributed by atoms with E-state index >= 15 is 0 Å². The van der Waals surface area contributed by atoms with E-state index in [2.05, 4.69) is 20.8 Å². The van der Waals surface area contributed by atoms with Gasteiger partial charge in [-0.25, -0.2) is 0 Å². The third-order valence-electron chi connectivity index (χ3n) is 4.47. The van der Waals surface area contributed by atoms with Crippen LogP contribution >= 0.6 is 0 Å². The molecule has 1 fully saturated rings. The minimum atomic E-state index is 0.129. The van der Waals surface area contributed by atoms with Crippen molar-refractivity contribution in [1.29, 1.82) is 0 Å². The molecule has 1 aliphatic rings. The summed E-state index contributed by atoms with van der Waals surface area (Å²) in [6.45, 7) is 6.19. The molecule has 0 aromatic carbocycles. The number of aliphatic hydroxyl groups is 1. The number of hydrogen-bond acceptors (Lipinski definition) is 2. The van der Waals surface area contributed by atoms with Crippen LogP contribution in [-0.2, 0) is 4.79 Å². The van der Waals surface area contributed by atoms with Gasteiger partial charge in [-0.2, -0.15) is 0 Å². The van der Waals surface area contributed by atoms with E-state index in [1.165, 1.54) is 31.8 Å². The lowest BCUT2D eigenvalue weighted by molar-refractivity contribution is -0.120. The molecule has 0 spiro atoms. The van der Waals surface area contributed by atoms with E-state index in [0.717, 1.165) is 19.3 Å². The van der Waals surface area contributed by atoms with Gasteiger partial charge in [0.05, 0.1) is 5.76 Å². The molecule has 1 rings (SSSR count). The Morgan fingerprint density at radius 3 is 2.17 bits per heavy atom. The first-order valence-electron chi connectivity index (χ1n) is 7.58. The Bertz CT molecular complexity index is 283. The van der Waals surface area contributed by atoms with Crippen molar-refractivity contribution < 1.29 is 9.90 Å². The zero-order chi connectivity index (χ0) is 13.5. The van der Waals surface area contributed by atoms with Gasteiger partial charge in [0.25, 0.3) is 0 Å². The second-order valence-corrected chi connectivity index (χ2v) is 5.54. The Hall–Kier alpha value is -0.790. The van der Waals surface area contributed by atoms with Crippen LogP contribution in [0.4, 0.5) is 0 Å². The first-order chi connectivity index (χ1) is 8.63. The summed E-state index contributed by atoms with van der Waals surface area (Å²) in [7, 11) is 0. The summed E-state index contributed by atoms with van der Waals surface area (Å²) in [6, 6.07) is 0. The molecular formula is C16H28O2. The highest BCUT2D eigenvalue weighted by molar-refractivity contribution is 5.92. The lowest BCUT2D eigenvalue weighted by atomic mass is 9.84. The first-order valence-corrected chi connectivity index (χ1v) is 7.58. The third kappa shape index (κ3) is 3.86. The fourth-order valence-electron chi connectivity index (χ4n) is 3.20. The van der Waals surface area contributed by atoms with Crippen molar-refractivity contribution in [3.63, 3.8) is 0 Å². The monoisotopic (exact) mass is 252 g/mol. The van der Waals surface area contributed by atoms with E-state index in [9.17, 15) is 9.90 Å². The molecule has 0 bridgehead atoms. The maximum atomic E-state index is 12.3. The minimum Gasteiger partial charge on any atom is -0.512 e. The summed E-state index contributed by atoms with van der Waals surface area (Å²) in [4.78, 5) is 12.3. The molecule has 2 nitrogen and oxygen atoms in total. The van der Waals surface area contributed by atoms with E-state index in [4.69, 9.17) is 0 Å². The molecule has 0 aromatic rings. The van der Waals surface area contributed by atoms with Crippen molar-refractivity contribution in [3.05, 3.63) is 11.8 Å². The topological polar surface area (TPSA) is 37.3 Å². The van der Waals surface area contributed by atoms with Crippen LogP contribution in [0.3, 0.4) is 0 Å². The summed E-state index contributed by atoms with van der Waals surface area (Å²) < 4.78 is 0. The molecule has 18 heavy (non-hydrogen) atoms. The van der Waals surface area contributed by atoms with Crippen molar-refractivity contribution >= 4 is 5.78 Å². The summed E-state index contributed by atoms with van der Waals surface area (Å²) in [5, 5.41) is 10.0. The second-order valence-electron chi connectivity index (χ2n) is 5.54. The van der Waals surface area contributed by atoms with Gasteiger partial charge < -0.3 is 5.11 Å². The fraction of sp³-hybridized carbons (Fsp3) is 0.812. The molecule has 104 valence electrons. The van der Waals surface area contributed by atoms with Gasteiger partial charge in [-0.15, -0.1) is 0 Å². The lowest BCUT2D eigenvalue weighted by Gasteiger charge is -2.20. The molecule has 1 saturated carbocycles. The molecule has 1 N–H and O–H groups in total. The Labute approximate surface area is 111 Å². The highest BCUT2D eigenvalue weighted by Crippen LogP contribution is 2.34. The van der Waals surface area contributed by atoms with Crippen LogP contribution < -0.4 is 0 Å². The number of allylic oxidation sites excluding steroid dienone is 2. The number of carbonyl (C=O) groups excluding carboxylic acids is 1. The summed E-state index contributed by atoms with van der Waals surface area (Å²) in [5.41, 5.74) is 0. The Morgan fingerprint density at radius 1 is 1.17 bits per heavy atom. The van der Waals surface area contributed by atoms with Crippen molar-refractivity contribution in [2.24, 2.45) is 17.8 Å². The molecule has 0 aromatic heterocycles. The van der Waals surface area contributed by atoms with Gasteiger partial charge in [-0.05, 0) is 38.0 Å². The van der Waals surface area contributed by atoms with Crippen LogP contribution in [0.5, 0.6) is 0 Å². The van der Waals surface area contributed by atoms with Crippen LogP contribution in [0.15, 0.2) is 11.8 Å². The zero-order valence-electron chi connectivity index (χ0n) is 12.1. The van der Waals surface area contributed by atoms with Gasteiger partial charge in [0.1, 0.15) is 0 Å². The van der Waals surface area contributed by atoms with E-state index in [0.29, 0.717) is 11.7 Å². The Kier molecular flexibility index (Phi) is 6.45. The van der Waals surface area contributed by atoms with E-state index in [1.807, 2.05) is 0 Å². The van der Waals surface area contributed by atoms with Crippen LogP contribution in [-0.4, -0.2) is 10.9 Å². The smallest absolute Gasteiger partial charge is 0.162 e. The van der Waals surface area contributed by atoms with E-state index in [-0.39, 0.29) is 17.6 Å². The van der Waals surface area contributed by atoms with Gasteiger partial charge in [0, 0.05) is 17.9 Å². The first kappa shape index (κ1) is 15.3. The number of carbonyl (C=O) groups is 1. The van der Waals surface area contributed by atoms with Crippen molar-refractivity contribution in [1.82, 2.24) is 0 Å². The van der Waals surface area contributed by atoms with Crippen molar-refractivity contribution in [3.8, 4) is 0 Å². The zero-order valence-corrected chi connectivity index (χ0v) is 12.1. The maximum Gasteiger partial charge on any atom is 0.162 e. The molecular weight excluding hydrogens is 224 g/mol. The van der Waals surface area contributed by atoms with Gasteiger partial charge in [0.2, 0.25) is 0 Å². The van der Waals surface area contributed by atoms with Crippen LogP contribution in [0, 0.1) is 17.8 Å². The molecule has 1 unspecified atom stereocenters. The van der Waals surface area contributed by atoms with Crippen molar-refractivity contribution in [2.75, 3.05) is 0 Å². The SMILES string of the molecule is CCC(CC)/C(O)=C/C(=O)C(CC)C1CCCC1. The fourth-order valence-corrected chi connectivity index (χ4v) is 3.20. The highest BCUT2D eigenvalue weighted by atomic mass is 16.3. The van der Waals surface area contributed by atoms with Gasteiger partial charge >= 0.3 is 0 Å². The average Bonchev–Trinajstić information content (AvgIpc) is 2.85. The van der Waals surface area contributed by atoms with E-state index in [1.54, 1.807) is 0 Å². The molecule has 0 radical (unpaired) electrons. The normalized spacial score (nSPS) is 19.4. The Morgan fingerprint density at radius 2 is 1.72 bits per heavy atom. The Balaban J connectivity index is 2.68. The predicted molar refractivity (Wildman–Crippen MR) is 75.5 cm³/mol. The summed E-state index contributed by atoms with van der Waals surface area (Å²) in [6.07, 6.45) is 9.10. The molecule has 2 heteroatoms. The largest absolute Gasteiger partial charge is 0.512 e. The van der Waals surface area contributed by atoms with Crippen LogP contribution in [0.1, 0.15) is 65.7 Å². The summed E-state index contributed by atoms with van der Waals surface area (Å²) >= 11 is 0. The van der Waals surface area contributed by atoms with Gasteiger partial charge in [0.15, 0.2) is 5.78 Å². The van der Waals surface area contributed by atoms with Gasteiger partial charge in [-0.3, -0.25) is 4.79 Å². The van der Waals surface area contributed by atoms with Crippen molar-refractivity contribution in [2.45, 2.75) is 65.7 Å². The van der Waals surface area contributed by atoms with Gasteiger partial charge in [-0.1, -0.05) is 33.6 Å². The molecule has 0 heterocycles.